The Hall–Kier alpha value is -1.56. The molecule has 1 rings (SSSR count). The molecule has 1 unspecified atom stereocenters. The minimum absolute atomic E-state index is 0.143. The first-order valence-electron chi connectivity index (χ1n) is 5.57. The van der Waals surface area contributed by atoms with Crippen LogP contribution in [-0.2, 0) is 5.41 Å². The third kappa shape index (κ3) is 2.33. The molecule has 1 aromatic rings. The summed E-state index contributed by atoms with van der Waals surface area (Å²) >= 11 is 0. The molecule has 0 nitrogen and oxygen atoms in total. The van der Waals surface area contributed by atoms with E-state index in [1.54, 1.807) is 0 Å². The molecule has 16 heavy (non-hydrogen) atoms. The van der Waals surface area contributed by atoms with Gasteiger partial charge in [0.2, 0.25) is 0 Å². The van der Waals surface area contributed by atoms with E-state index in [-0.39, 0.29) is 5.41 Å². The van der Waals surface area contributed by atoms with E-state index >= 15 is 0 Å². The fourth-order valence-corrected chi connectivity index (χ4v) is 1.60. The summed E-state index contributed by atoms with van der Waals surface area (Å²) in [6.45, 7) is 15.8. The molecule has 0 amide bonds. The lowest BCUT2D eigenvalue weighted by Crippen LogP contribution is -2.14. The van der Waals surface area contributed by atoms with E-state index in [9.17, 15) is 0 Å². The van der Waals surface area contributed by atoms with Crippen LogP contribution in [-0.4, -0.2) is 0 Å². The lowest BCUT2D eigenvalue weighted by molar-refractivity contribution is 0.760. The molecule has 0 N–H and O–H groups in total. The average Bonchev–Trinajstić information content (AvgIpc) is 2.37. The van der Waals surface area contributed by atoms with Crippen LogP contribution in [0.25, 0.3) is 0 Å². The third-order valence-corrected chi connectivity index (χ3v) is 3.26. The van der Waals surface area contributed by atoms with E-state index in [1.807, 2.05) is 18.2 Å². The molecule has 1 aromatic carbocycles. The van der Waals surface area contributed by atoms with E-state index < -0.39 is 0 Å². The lowest BCUT2D eigenvalue weighted by atomic mass is 9.82. The molecule has 84 valence electrons. The van der Waals surface area contributed by atoms with Crippen molar-refractivity contribution in [3.63, 3.8) is 0 Å². The first kappa shape index (κ1) is 12.5. The smallest absolute Gasteiger partial charge is 0.0278 e. The molecule has 0 saturated carbocycles. The molecule has 0 aliphatic rings. The fraction of sp³-hybridized carbons (Fsp3) is 0.250. The minimum Gasteiger partial charge on any atom is -0.102 e. The molecular weight excluding hydrogens is 192 g/mol. The zero-order valence-corrected chi connectivity index (χ0v) is 10.2. The quantitative estimate of drug-likeness (QED) is 0.625. The Bertz CT molecular complexity index is 373. The summed E-state index contributed by atoms with van der Waals surface area (Å²) in [5.41, 5.74) is 2.36. The normalized spacial score (nSPS) is 12.9. The van der Waals surface area contributed by atoms with Gasteiger partial charge >= 0.3 is 0 Å². The molecule has 0 heteroatoms. The van der Waals surface area contributed by atoms with Crippen LogP contribution in [0.5, 0.6) is 0 Å². The molecule has 0 saturated heterocycles. The van der Waals surface area contributed by atoms with Gasteiger partial charge in [0.1, 0.15) is 0 Å². The molecule has 0 fully saturated rings. The van der Waals surface area contributed by atoms with Gasteiger partial charge in [0.15, 0.2) is 0 Å². The molecule has 0 aromatic heterocycles. The van der Waals surface area contributed by atoms with Crippen molar-refractivity contribution >= 4 is 0 Å². The monoisotopic (exact) mass is 212 g/mol. The van der Waals surface area contributed by atoms with Gasteiger partial charge in [-0.15, -0.1) is 19.7 Å². The average molecular weight is 212 g/mol. The summed E-state index contributed by atoms with van der Waals surface area (Å²) < 4.78 is 0. The summed E-state index contributed by atoms with van der Waals surface area (Å²) in [4.78, 5) is 0. The van der Waals surface area contributed by atoms with Crippen LogP contribution >= 0.6 is 0 Å². The Balaban J connectivity index is 3.07. The van der Waals surface area contributed by atoms with Gasteiger partial charge in [-0.2, -0.15) is 0 Å². The van der Waals surface area contributed by atoms with Crippen molar-refractivity contribution in [2.75, 3.05) is 0 Å². The van der Waals surface area contributed by atoms with E-state index in [2.05, 4.69) is 57.8 Å². The number of rotatable bonds is 5. The molecular formula is C16H20. The van der Waals surface area contributed by atoms with Gasteiger partial charge in [-0.25, -0.2) is 0 Å². The van der Waals surface area contributed by atoms with Crippen LogP contribution in [0.1, 0.15) is 30.9 Å². The second-order valence-corrected chi connectivity index (χ2v) is 4.34. The Morgan fingerprint density at radius 3 is 1.94 bits per heavy atom. The number of allylic oxidation sites excluding steroid dienone is 3. The van der Waals surface area contributed by atoms with E-state index in [0.717, 1.165) is 0 Å². The second kappa shape index (κ2) is 4.98. The first-order chi connectivity index (χ1) is 7.57. The van der Waals surface area contributed by atoms with Crippen LogP contribution in [0.15, 0.2) is 62.2 Å². The zero-order chi connectivity index (χ0) is 12.2. The Morgan fingerprint density at radius 1 is 1.06 bits per heavy atom. The van der Waals surface area contributed by atoms with E-state index in [4.69, 9.17) is 0 Å². The summed E-state index contributed by atoms with van der Waals surface area (Å²) in [5.74, 6) is 0.396. The Labute approximate surface area is 99.0 Å². The van der Waals surface area contributed by atoms with Crippen LogP contribution in [0.4, 0.5) is 0 Å². The van der Waals surface area contributed by atoms with Gasteiger partial charge in [0, 0.05) is 5.41 Å². The van der Waals surface area contributed by atoms with Crippen molar-refractivity contribution in [2.24, 2.45) is 0 Å². The van der Waals surface area contributed by atoms with Gasteiger partial charge in [0.25, 0.3) is 0 Å². The van der Waals surface area contributed by atoms with Crippen molar-refractivity contribution in [2.45, 2.75) is 25.2 Å². The molecule has 0 aliphatic carbocycles. The van der Waals surface area contributed by atoms with Crippen LogP contribution in [0.2, 0.25) is 0 Å². The van der Waals surface area contributed by atoms with Crippen molar-refractivity contribution in [3.05, 3.63) is 73.4 Å². The largest absolute Gasteiger partial charge is 0.102 e. The van der Waals surface area contributed by atoms with Crippen LogP contribution in [0.3, 0.4) is 0 Å². The minimum atomic E-state index is -0.143. The van der Waals surface area contributed by atoms with Crippen molar-refractivity contribution < 1.29 is 0 Å². The highest BCUT2D eigenvalue weighted by molar-refractivity contribution is 5.37. The summed E-state index contributed by atoms with van der Waals surface area (Å²) in [7, 11) is 0. The molecule has 0 spiro atoms. The number of hydrogen-bond donors (Lipinski definition) is 0. The SMILES string of the molecule is C=CC(C)c1ccc(C(C)(C=C)C=C)cc1. The molecule has 1 atom stereocenters. The maximum Gasteiger partial charge on any atom is 0.0278 e. The zero-order valence-electron chi connectivity index (χ0n) is 10.2. The summed E-state index contributed by atoms with van der Waals surface area (Å²) in [6.07, 6.45) is 5.80. The van der Waals surface area contributed by atoms with Crippen molar-refractivity contribution in [1.82, 2.24) is 0 Å². The predicted molar refractivity (Wildman–Crippen MR) is 72.8 cm³/mol. The molecule has 0 bridgehead atoms. The standard InChI is InChI=1S/C16H20/c1-6-13(4)14-9-11-15(12-10-14)16(5,7-2)8-3/h6-13H,1-3H2,4-5H3. The lowest BCUT2D eigenvalue weighted by Gasteiger charge is -2.22. The first-order valence-corrected chi connectivity index (χ1v) is 5.57. The predicted octanol–water partition coefficient (Wildman–Crippen LogP) is 4.61. The van der Waals surface area contributed by atoms with Gasteiger partial charge in [-0.1, -0.05) is 49.4 Å². The van der Waals surface area contributed by atoms with Crippen LogP contribution < -0.4 is 0 Å². The number of benzene rings is 1. The van der Waals surface area contributed by atoms with E-state index in [1.165, 1.54) is 11.1 Å². The highest BCUT2D eigenvalue weighted by Crippen LogP contribution is 2.27. The van der Waals surface area contributed by atoms with Gasteiger partial charge in [-0.05, 0) is 24.0 Å². The fourth-order valence-electron chi connectivity index (χ4n) is 1.60. The van der Waals surface area contributed by atoms with Gasteiger partial charge < -0.3 is 0 Å². The molecule has 0 radical (unpaired) electrons. The second-order valence-electron chi connectivity index (χ2n) is 4.34. The van der Waals surface area contributed by atoms with Gasteiger partial charge in [-0.3, -0.25) is 0 Å². The number of hydrogen-bond acceptors (Lipinski definition) is 0. The maximum absolute atomic E-state index is 3.87. The van der Waals surface area contributed by atoms with Gasteiger partial charge in [0.05, 0.1) is 0 Å². The van der Waals surface area contributed by atoms with Crippen molar-refractivity contribution in [3.8, 4) is 0 Å². The van der Waals surface area contributed by atoms with Crippen LogP contribution in [0, 0.1) is 0 Å². The summed E-state index contributed by atoms with van der Waals surface area (Å²) in [5, 5.41) is 0. The molecule has 0 aliphatic heterocycles. The third-order valence-electron chi connectivity index (χ3n) is 3.26. The Morgan fingerprint density at radius 2 is 1.56 bits per heavy atom. The molecule has 0 heterocycles. The topological polar surface area (TPSA) is 0 Å². The highest BCUT2D eigenvalue weighted by Gasteiger charge is 2.18. The maximum atomic E-state index is 3.87. The van der Waals surface area contributed by atoms with E-state index in [0.29, 0.717) is 5.92 Å². The summed E-state index contributed by atoms with van der Waals surface area (Å²) in [6, 6.07) is 8.57. The highest BCUT2D eigenvalue weighted by atomic mass is 14.2. The van der Waals surface area contributed by atoms with Crippen molar-refractivity contribution in [1.29, 1.82) is 0 Å². The Kier molecular flexibility index (Phi) is 3.89.